The molecule has 2 heterocycles. The fraction of sp³-hybridized carbons (Fsp3) is 0.471. The number of nitrogens with zero attached hydrogens (tertiary/aromatic N) is 3. The Morgan fingerprint density at radius 3 is 2.71 bits per heavy atom. The second-order valence-corrected chi connectivity index (χ2v) is 6.10. The minimum Gasteiger partial charge on any atom is -0.384 e. The second kappa shape index (κ2) is 5.90. The molecule has 0 bridgehead atoms. The summed E-state index contributed by atoms with van der Waals surface area (Å²) in [6, 6.07) is 10.6. The van der Waals surface area contributed by atoms with Crippen molar-refractivity contribution in [2.24, 2.45) is 7.05 Å². The molecule has 1 unspecified atom stereocenters. The summed E-state index contributed by atoms with van der Waals surface area (Å²) in [5.41, 5.74) is 9.59. The van der Waals surface area contributed by atoms with E-state index in [9.17, 15) is 0 Å². The molecule has 1 aliphatic rings. The molecule has 1 atom stereocenters. The second-order valence-electron chi connectivity index (χ2n) is 6.10. The van der Waals surface area contributed by atoms with Gasteiger partial charge in [0.25, 0.3) is 0 Å². The largest absolute Gasteiger partial charge is 0.384 e. The van der Waals surface area contributed by atoms with Crippen molar-refractivity contribution in [3.63, 3.8) is 0 Å². The van der Waals surface area contributed by atoms with Crippen molar-refractivity contribution < 1.29 is 0 Å². The van der Waals surface area contributed by atoms with Crippen LogP contribution in [0.1, 0.15) is 30.7 Å². The summed E-state index contributed by atoms with van der Waals surface area (Å²) in [6.07, 6.45) is 3.74. The van der Waals surface area contributed by atoms with Crippen LogP contribution in [0.4, 0.5) is 5.82 Å². The minimum absolute atomic E-state index is 0.620. The maximum Gasteiger partial charge on any atom is 0.121 e. The van der Waals surface area contributed by atoms with Gasteiger partial charge < -0.3 is 10.6 Å². The standard InChI is InChI=1S/C17H24N4/c1-20-10-5-6-13(9-11-20)14-7-3-4-8-15(14)16-12-17(18)21(2)19-16/h3-4,7-8,12-13H,5-6,9-11,18H2,1-2H3. The van der Waals surface area contributed by atoms with E-state index >= 15 is 0 Å². The van der Waals surface area contributed by atoms with E-state index in [0.29, 0.717) is 11.7 Å². The van der Waals surface area contributed by atoms with Crippen LogP contribution in [0.25, 0.3) is 11.3 Å². The van der Waals surface area contributed by atoms with E-state index < -0.39 is 0 Å². The average Bonchev–Trinajstić information content (AvgIpc) is 2.69. The lowest BCUT2D eigenvalue weighted by Gasteiger charge is -2.18. The SMILES string of the molecule is CN1CCCC(c2ccccc2-c2cc(N)n(C)n2)CC1. The number of nitrogen functional groups attached to an aromatic ring is 1. The van der Waals surface area contributed by atoms with Gasteiger partial charge in [-0.1, -0.05) is 24.3 Å². The first-order valence-corrected chi connectivity index (χ1v) is 7.72. The zero-order chi connectivity index (χ0) is 14.8. The topological polar surface area (TPSA) is 47.1 Å². The highest BCUT2D eigenvalue weighted by atomic mass is 15.3. The Labute approximate surface area is 126 Å². The summed E-state index contributed by atoms with van der Waals surface area (Å²) in [5, 5.41) is 4.56. The Hall–Kier alpha value is -1.81. The molecule has 0 saturated carbocycles. The summed E-state index contributed by atoms with van der Waals surface area (Å²) in [6.45, 7) is 2.37. The van der Waals surface area contributed by atoms with Crippen LogP contribution in [-0.2, 0) is 7.05 Å². The number of aromatic nitrogens is 2. The Bertz CT molecular complexity index is 598. The molecule has 1 aromatic carbocycles. The molecule has 0 amide bonds. The number of benzene rings is 1. The molecule has 112 valence electrons. The molecule has 4 nitrogen and oxygen atoms in total. The Kier molecular flexibility index (Phi) is 3.97. The van der Waals surface area contributed by atoms with Gasteiger partial charge in [-0.15, -0.1) is 0 Å². The van der Waals surface area contributed by atoms with Gasteiger partial charge in [-0.05, 0) is 50.9 Å². The summed E-state index contributed by atoms with van der Waals surface area (Å²) in [7, 11) is 4.11. The van der Waals surface area contributed by atoms with Gasteiger partial charge in [0.15, 0.2) is 0 Å². The summed E-state index contributed by atoms with van der Waals surface area (Å²) < 4.78 is 1.74. The zero-order valence-corrected chi connectivity index (χ0v) is 12.9. The van der Waals surface area contributed by atoms with Crippen LogP contribution in [-0.4, -0.2) is 34.8 Å². The van der Waals surface area contributed by atoms with Crippen molar-refractivity contribution >= 4 is 5.82 Å². The molecule has 1 aromatic heterocycles. The van der Waals surface area contributed by atoms with Crippen molar-refractivity contribution in [1.82, 2.24) is 14.7 Å². The van der Waals surface area contributed by atoms with E-state index in [1.807, 2.05) is 13.1 Å². The summed E-state index contributed by atoms with van der Waals surface area (Å²) >= 11 is 0. The van der Waals surface area contributed by atoms with Crippen molar-refractivity contribution in [1.29, 1.82) is 0 Å². The maximum atomic E-state index is 5.94. The first-order chi connectivity index (χ1) is 10.1. The van der Waals surface area contributed by atoms with Gasteiger partial charge in [-0.3, -0.25) is 4.68 Å². The van der Waals surface area contributed by atoms with Gasteiger partial charge >= 0.3 is 0 Å². The molecule has 0 spiro atoms. The van der Waals surface area contributed by atoms with E-state index in [2.05, 4.69) is 41.3 Å². The molecule has 21 heavy (non-hydrogen) atoms. The molecule has 4 heteroatoms. The average molecular weight is 284 g/mol. The van der Waals surface area contributed by atoms with Crippen LogP contribution in [0.15, 0.2) is 30.3 Å². The minimum atomic E-state index is 0.620. The molecule has 1 saturated heterocycles. The molecule has 2 N–H and O–H groups in total. The van der Waals surface area contributed by atoms with Crippen LogP contribution in [0.5, 0.6) is 0 Å². The monoisotopic (exact) mass is 284 g/mol. The summed E-state index contributed by atoms with van der Waals surface area (Å²) in [5.74, 6) is 1.33. The van der Waals surface area contributed by atoms with Crippen LogP contribution < -0.4 is 5.73 Å². The van der Waals surface area contributed by atoms with E-state index in [-0.39, 0.29) is 0 Å². The normalized spacial score (nSPS) is 20.4. The number of nitrogens with two attached hydrogens (primary N) is 1. The lowest BCUT2D eigenvalue weighted by atomic mass is 9.87. The number of hydrogen-bond acceptors (Lipinski definition) is 3. The lowest BCUT2D eigenvalue weighted by Crippen LogP contribution is -2.18. The highest BCUT2D eigenvalue weighted by Gasteiger charge is 2.20. The molecule has 1 fully saturated rings. The number of likely N-dealkylation sites (tertiary alicyclic amines) is 1. The lowest BCUT2D eigenvalue weighted by molar-refractivity contribution is 0.347. The molecule has 0 radical (unpaired) electrons. The summed E-state index contributed by atoms with van der Waals surface area (Å²) in [4.78, 5) is 2.43. The fourth-order valence-corrected chi connectivity index (χ4v) is 3.25. The maximum absolute atomic E-state index is 5.94. The number of anilines is 1. The number of hydrogen-bond donors (Lipinski definition) is 1. The zero-order valence-electron chi connectivity index (χ0n) is 12.9. The molecular weight excluding hydrogens is 260 g/mol. The smallest absolute Gasteiger partial charge is 0.121 e. The van der Waals surface area contributed by atoms with E-state index in [0.717, 1.165) is 5.69 Å². The third-order valence-electron chi connectivity index (χ3n) is 4.54. The quantitative estimate of drug-likeness (QED) is 0.922. The fourth-order valence-electron chi connectivity index (χ4n) is 3.25. The van der Waals surface area contributed by atoms with E-state index in [4.69, 9.17) is 5.73 Å². The molecule has 2 aromatic rings. The third kappa shape index (κ3) is 2.95. The van der Waals surface area contributed by atoms with Gasteiger partial charge in [0.1, 0.15) is 5.82 Å². The van der Waals surface area contributed by atoms with Gasteiger partial charge in [0, 0.05) is 18.7 Å². The Morgan fingerprint density at radius 2 is 1.95 bits per heavy atom. The van der Waals surface area contributed by atoms with Gasteiger partial charge in [0.05, 0.1) is 5.69 Å². The van der Waals surface area contributed by atoms with E-state index in [1.54, 1.807) is 4.68 Å². The molecular formula is C17H24N4. The predicted molar refractivity (Wildman–Crippen MR) is 87.1 cm³/mol. The van der Waals surface area contributed by atoms with Gasteiger partial charge in [-0.2, -0.15) is 5.10 Å². The van der Waals surface area contributed by atoms with Crippen molar-refractivity contribution in [3.8, 4) is 11.3 Å². The van der Waals surface area contributed by atoms with Crippen molar-refractivity contribution in [2.75, 3.05) is 25.9 Å². The Morgan fingerprint density at radius 1 is 1.14 bits per heavy atom. The van der Waals surface area contributed by atoms with Gasteiger partial charge in [0.2, 0.25) is 0 Å². The van der Waals surface area contributed by atoms with Crippen LogP contribution in [0, 0.1) is 0 Å². The van der Waals surface area contributed by atoms with E-state index in [1.165, 1.54) is 43.5 Å². The van der Waals surface area contributed by atoms with Crippen LogP contribution >= 0.6 is 0 Å². The predicted octanol–water partition coefficient (Wildman–Crippen LogP) is 2.87. The Balaban J connectivity index is 1.95. The van der Waals surface area contributed by atoms with Crippen molar-refractivity contribution in [2.45, 2.75) is 25.2 Å². The number of rotatable bonds is 2. The first-order valence-electron chi connectivity index (χ1n) is 7.72. The molecule has 0 aliphatic carbocycles. The van der Waals surface area contributed by atoms with Crippen LogP contribution in [0.3, 0.4) is 0 Å². The third-order valence-corrected chi connectivity index (χ3v) is 4.54. The van der Waals surface area contributed by atoms with Crippen molar-refractivity contribution in [3.05, 3.63) is 35.9 Å². The molecule has 1 aliphatic heterocycles. The van der Waals surface area contributed by atoms with Gasteiger partial charge in [-0.25, -0.2) is 0 Å². The highest BCUT2D eigenvalue weighted by molar-refractivity contribution is 5.67. The number of aryl methyl sites for hydroxylation is 1. The van der Waals surface area contributed by atoms with Crippen LogP contribution in [0.2, 0.25) is 0 Å². The first kappa shape index (κ1) is 14.1. The highest BCUT2D eigenvalue weighted by Crippen LogP contribution is 2.35. The molecule has 3 rings (SSSR count).